The third kappa shape index (κ3) is 2.47. The van der Waals surface area contributed by atoms with Crippen LogP contribution in [-0.2, 0) is 11.3 Å². The zero-order valence-corrected chi connectivity index (χ0v) is 12.7. The van der Waals surface area contributed by atoms with Gasteiger partial charge in [-0.25, -0.2) is 0 Å². The van der Waals surface area contributed by atoms with Gasteiger partial charge in [-0.1, -0.05) is 13.8 Å². The summed E-state index contributed by atoms with van der Waals surface area (Å²) in [4.78, 5) is 14.2. The lowest BCUT2D eigenvalue weighted by atomic mass is 9.63. The highest BCUT2D eigenvalue weighted by Crippen LogP contribution is 2.45. The molecule has 20 heavy (non-hydrogen) atoms. The van der Waals surface area contributed by atoms with Crippen LogP contribution in [0.3, 0.4) is 0 Å². The molecule has 1 amide bonds. The molecule has 2 unspecified atom stereocenters. The van der Waals surface area contributed by atoms with Crippen molar-refractivity contribution >= 4 is 5.91 Å². The third-order valence-corrected chi connectivity index (χ3v) is 4.38. The van der Waals surface area contributed by atoms with Crippen LogP contribution >= 0.6 is 0 Å². The van der Waals surface area contributed by atoms with Crippen LogP contribution < -0.4 is 5.73 Å². The molecule has 1 aromatic heterocycles. The second-order valence-electron chi connectivity index (χ2n) is 5.94. The Morgan fingerprint density at radius 3 is 2.80 bits per heavy atom. The first kappa shape index (κ1) is 15.1. The van der Waals surface area contributed by atoms with Crippen molar-refractivity contribution in [1.82, 2.24) is 4.90 Å². The van der Waals surface area contributed by atoms with Crippen molar-refractivity contribution in [3.8, 4) is 0 Å². The zero-order valence-electron chi connectivity index (χ0n) is 12.7. The van der Waals surface area contributed by atoms with E-state index >= 15 is 0 Å². The number of nitrogens with two attached hydrogens (primary N) is 1. The summed E-state index contributed by atoms with van der Waals surface area (Å²) in [6.07, 6.45) is 2.58. The van der Waals surface area contributed by atoms with Gasteiger partial charge in [0.15, 0.2) is 0 Å². The fraction of sp³-hybridized carbons (Fsp3) is 0.667. The van der Waals surface area contributed by atoms with Crippen LogP contribution in [0.2, 0.25) is 0 Å². The van der Waals surface area contributed by atoms with Gasteiger partial charge < -0.3 is 19.8 Å². The van der Waals surface area contributed by atoms with E-state index in [-0.39, 0.29) is 23.5 Å². The second kappa shape index (κ2) is 5.58. The summed E-state index contributed by atoms with van der Waals surface area (Å²) in [6.45, 7) is 7.30. The molecule has 112 valence electrons. The Hall–Kier alpha value is -1.33. The van der Waals surface area contributed by atoms with E-state index in [1.54, 1.807) is 11.0 Å². The van der Waals surface area contributed by atoms with Gasteiger partial charge in [0.05, 0.1) is 18.2 Å². The Balaban J connectivity index is 2.05. The number of nitrogens with zero attached hydrogens (tertiary/aromatic N) is 1. The minimum absolute atomic E-state index is 0.0264. The average molecular weight is 280 g/mol. The van der Waals surface area contributed by atoms with Gasteiger partial charge in [0.2, 0.25) is 0 Å². The molecule has 0 saturated heterocycles. The van der Waals surface area contributed by atoms with E-state index in [1.165, 1.54) is 6.26 Å². The molecule has 0 aromatic carbocycles. The minimum atomic E-state index is -0.0269. The molecule has 0 bridgehead atoms. The lowest BCUT2D eigenvalue weighted by Crippen LogP contribution is -2.62. The number of ether oxygens (including phenoxy) is 1. The number of carbonyl (C=O) groups is 1. The molecular formula is C15H24N2O3. The van der Waals surface area contributed by atoms with Crippen molar-refractivity contribution in [2.45, 2.75) is 45.9 Å². The second-order valence-corrected chi connectivity index (χ2v) is 5.94. The Labute approximate surface area is 120 Å². The zero-order chi connectivity index (χ0) is 14.9. The molecular weight excluding hydrogens is 256 g/mol. The Morgan fingerprint density at radius 1 is 1.60 bits per heavy atom. The summed E-state index contributed by atoms with van der Waals surface area (Å²) < 4.78 is 10.9. The van der Waals surface area contributed by atoms with Crippen molar-refractivity contribution in [2.24, 2.45) is 11.1 Å². The highest BCUT2D eigenvalue weighted by atomic mass is 16.5. The molecule has 2 atom stereocenters. The van der Waals surface area contributed by atoms with E-state index < -0.39 is 0 Å². The van der Waals surface area contributed by atoms with Crippen LogP contribution in [0.4, 0.5) is 0 Å². The number of furan rings is 1. The maximum atomic E-state index is 12.4. The van der Waals surface area contributed by atoms with Crippen LogP contribution in [0.25, 0.3) is 0 Å². The molecule has 1 saturated carbocycles. The van der Waals surface area contributed by atoms with Gasteiger partial charge in [-0.3, -0.25) is 4.79 Å². The number of rotatable bonds is 5. The highest BCUT2D eigenvalue weighted by Gasteiger charge is 2.51. The summed E-state index contributed by atoms with van der Waals surface area (Å²) in [5, 5.41) is 0. The topological polar surface area (TPSA) is 68.7 Å². The quantitative estimate of drug-likeness (QED) is 0.896. The minimum Gasteiger partial charge on any atom is -0.467 e. The molecule has 1 heterocycles. The first-order valence-corrected chi connectivity index (χ1v) is 7.08. The molecule has 2 rings (SSSR count). The number of amides is 1. The molecule has 0 spiro atoms. The summed E-state index contributed by atoms with van der Waals surface area (Å²) in [7, 11) is 1.84. The lowest BCUT2D eigenvalue weighted by molar-refractivity contribution is -0.136. The summed E-state index contributed by atoms with van der Waals surface area (Å²) in [5.74, 6) is 0.600. The summed E-state index contributed by atoms with van der Waals surface area (Å²) >= 11 is 0. The number of hydrogen-bond acceptors (Lipinski definition) is 4. The van der Waals surface area contributed by atoms with E-state index in [2.05, 4.69) is 13.8 Å². The molecule has 1 aromatic rings. The average Bonchev–Trinajstić information content (AvgIpc) is 2.90. The Kier molecular flexibility index (Phi) is 4.20. The van der Waals surface area contributed by atoms with E-state index in [0.29, 0.717) is 24.5 Å². The molecule has 2 N–H and O–H groups in total. The van der Waals surface area contributed by atoms with Crippen LogP contribution in [-0.4, -0.2) is 36.6 Å². The maximum Gasteiger partial charge on any atom is 0.257 e. The van der Waals surface area contributed by atoms with Gasteiger partial charge in [0, 0.05) is 25.1 Å². The van der Waals surface area contributed by atoms with Gasteiger partial charge in [-0.05, 0) is 19.4 Å². The largest absolute Gasteiger partial charge is 0.467 e. The molecule has 1 aliphatic carbocycles. The third-order valence-electron chi connectivity index (χ3n) is 4.38. The smallest absolute Gasteiger partial charge is 0.257 e. The van der Waals surface area contributed by atoms with Gasteiger partial charge in [0.1, 0.15) is 12.0 Å². The molecule has 0 radical (unpaired) electrons. The van der Waals surface area contributed by atoms with Crippen LogP contribution in [0.5, 0.6) is 0 Å². The van der Waals surface area contributed by atoms with Gasteiger partial charge in [0.25, 0.3) is 5.91 Å². The number of carbonyl (C=O) groups excluding carboxylic acids is 1. The monoisotopic (exact) mass is 280 g/mol. The van der Waals surface area contributed by atoms with E-state index in [1.807, 2.05) is 14.0 Å². The molecule has 1 aliphatic rings. The highest BCUT2D eigenvalue weighted by molar-refractivity contribution is 5.94. The predicted octanol–water partition coefficient (Wildman–Crippen LogP) is 2.01. The van der Waals surface area contributed by atoms with E-state index in [0.717, 1.165) is 6.42 Å². The first-order chi connectivity index (χ1) is 9.41. The standard InChI is InChI=1S/C15H24N2O3/c1-5-19-13-7-12(15(13,2)3)17(4)14(18)10-6-11(8-16)20-9-10/h6,9,12-13H,5,7-8,16H2,1-4H3. The van der Waals surface area contributed by atoms with E-state index in [9.17, 15) is 4.79 Å². The Bertz CT molecular complexity index is 481. The maximum absolute atomic E-state index is 12.4. The van der Waals surface area contributed by atoms with Crippen LogP contribution in [0.15, 0.2) is 16.7 Å². The van der Waals surface area contributed by atoms with Crippen LogP contribution in [0, 0.1) is 5.41 Å². The molecule has 0 aliphatic heterocycles. The normalized spacial score (nSPS) is 24.2. The number of hydrogen-bond donors (Lipinski definition) is 1. The van der Waals surface area contributed by atoms with Crippen molar-refractivity contribution in [1.29, 1.82) is 0 Å². The summed E-state index contributed by atoms with van der Waals surface area (Å²) in [5.41, 5.74) is 6.03. The molecule has 5 heteroatoms. The van der Waals surface area contributed by atoms with Gasteiger partial charge >= 0.3 is 0 Å². The summed E-state index contributed by atoms with van der Waals surface area (Å²) in [6, 6.07) is 1.90. The fourth-order valence-corrected chi connectivity index (χ4v) is 2.95. The lowest BCUT2D eigenvalue weighted by Gasteiger charge is -2.54. The van der Waals surface area contributed by atoms with Crippen molar-refractivity contribution in [2.75, 3.05) is 13.7 Å². The Morgan fingerprint density at radius 2 is 2.30 bits per heavy atom. The van der Waals surface area contributed by atoms with Crippen LogP contribution in [0.1, 0.15) is 43.3 Å². The van der Waals surface area contributed by atoms with Crippen molar-refractivity contribution in [3.05, 3.63) is 23.7 Å². The fourth-order valence-electron chi connectivity index (χ4n) is 2.95. The van der Waals surface area contributed by atoms with Gasteiger partial charge in [-0.15, -0.1) is 0 Å². The SMILES string of the molecule is CCOC1CC(N(C)C(=O)c2coc(CN)c2)C1(C)C. The molecule has 1 fully saturated rings. The van der Waals surface area contributed by atoms with Crippen molar-refractivity contribution < 1.29 is 13.9 Å². The molecule has 5 nitrogen and oxygen atoms in total. The first-order valence-electron chi connectivity index (χ1n) is 7.08. The van der Waals surface area contributed by atoms with Gasteiger partial charge in [-0.2, -0.15) is 0 Å². The van der Waals surface area contributed by atoms with E-state index in [4.69, 9.17) is 14.9 Å². The van der Waals surface area contributed by atoms with Crippen molar-refractivity contribution in [3.63, 3.8) is 0 Å². The predicted molar refractivity (Wildman–Crippen MR) is 76.3 cm³/mol.